The second-order valence-corrected chi connectivity index (χ2v) is 7.35. The number of nitrogens with one attached hydrogen (secondary N) is 2. The van der Waals surface area contributed by atoms with Crippen molar-refractivity contribution in [3.63, 3.8) is 0 Å². The quantitative estimate of drug-likeness (QED) is 0.489. The molecule has 1 aliphatic heterocycles. The van der Waals surface area contributed by atoms with Gasteiger partial charge in [-0.2, -0.15) is 5.10 Å². The highest BCUT2D eigenvalue weighted by Gasteiger charge is 2.22. The number of amides is 1. The third-order valence-corrected chi connectivity index (χ3v) is 5.48. The van der Waals surface area contributed by atoms with E-state index in [0.717, 1.165) is 10.6 Å². The molecule has 2 aromatic heterocycles. The molecule has 0 fully saturated rings. The van der Waals surface area contributed by atoms with Gasteiger partial charge in [0.1, 0.15) is 13.2 Å². The van der Waals surface area contributed by atoms with Gasteiger partial charge in [0.2, 0.25) is 0 Å². The summed E-state index contributed by atoms with van der Waals surface area (Å²) in [5.74, 6) is 1.36. The highest BCUT2D eigenvalue weighted by molar-refractivity contribution is 7.71. The van der Waals surface area contributed by atoms with Crippen LogP contribution in [0.4, 0.5) is 5.13 Å². The van der Waals surface area contributed by atoms with Gasteiger partial charge in [-0.25, -0.2) is 4.98 Å². The number of hydrogen-bond donors (Lipinski definition) is 2. The van der Waals surface area contributed by atoms with Gasteiger partial charge in [0, 0.05) is 6.54 Å². The molecule has 1 aromatic carbocycles. The van der Waals surface area contributed by atoms with Crippen molar-refractivity contribution < 1.29 is 14.3 Å². The van der Waals surface area contributed by atoms with Crippen LogP contribution in [0.1, 0.15) is 16.1 Å². The molecule has 2 N–H and O–H groups in total. The Balaban J connectivity index is 1.63. The maximum Gasteiger partial charge on any atom is 0.261 e. The Morgan fingerprint density at radius 2 is 2.29 bits per heavy atom. The van der Waals surface area contributed by atoms with Crippen molar-refractivity contribution in [3.8, 4) is 22.2 Å². The fourth-order valence-corrected chi connectivity index (χ4v) is 4.03. The van der Waals surface area contributed by atoms with Gasteiger partial charge in [-0.05, 0) is 31.3 Å². The van der Waals surface area contributed by atoms with Crippen molar-refractivity contribution in [3.05, 3.63) is 46.9 Å². The van der Waals surface area contributed by atoms with Gasteiger partial charge in [-0.3, -0.25) is 19.8 Å². The summed E-state index contributed by atoms with van der Waals surface area (Å²) in [5.41, 5.74) is 1.15. The van der Waals surface area contributed by atoms with Crippen LogP contribution in [0, 0.1) is 11.7 Å². The molecule has 0 bridgehead atoms. The van der Waals surface area contributed by atoms with E-state index in [1.54, 1.807) is 24.3 Å². The van der Waals surface area contributed by atoms with Gasteiger partial charge >= 0.3 is 0 Å². The Bertz CT molecular complexity index is 1110. The van der Waals surface area contributed by atoms with E-state index in [-0.39, 0.29) is 5.91 Å². The first-order chi connectivity index (χ1) is 13.6. The summed E-state index contributed by atoms with van der Waals surface area (Å²) < 4.78 is 13.5. The molecule has 0 radical (unpaired) electrons. The van der Waals surface area contributed by atoms with Crippen LogP contribution in [-0.2, 0) is 6.54 Å². The molecule has 0 saturated heterocycles. The zero-order chi connectivity index (χ0) is 19.7. The first-order valence-corrected chi connectivity index (χ1v) is 9.75. The lowest BCUT2D eigenvalue weighted by Gasteiger charge is -2.20. The molecular weight excluding hydrogens is 398 g/mol. The fraction of sp³-hybridized carbons (Fsp3) is 0.222. The molecule has 144 valence electrons. The number of hydrogen-bond acceptors (Lipinski definition) is 7. The standard InChI is InChI=1S/C18H17N5O3S2/c1-3-7-23-15(21-22-18(23)27)14-10(2)19-17(28-14)20-16(24)11-5-4-6-12-13(11)26-9-8-25-12/h3-6H,1,7-9H2,2H3,(H,22,27)(H,19,20,24). The number of carbonyl (C=O) groups is 1. The molecule has 0 atom stereocenters. The topological polar surface area (TPSA) is 94.1 Å². The van der Waals surface area contributed by atoms with Crippen molar-refractivity contribution in [2.75, 3.05) is 18.5 Å². The number of ether oxygens (including phenoxy) is 2. The molecule has 8 nitrogen and oxygen atoms in total. The number of carbonyl (C=O) groups excluding carboxylic acids is 1. The number of aryl methyl sites for hydroxylation is 1. The number of aromatic amines is 1. The molecule has 0 saturated carbocycles. The maximum absolute atomic E-state index is 12.8. The average Bonchev–Trinajstić information content (AvgIpc) is 3.23. The number of thiazole rings is 1. The van der Waals surface area contributed by atoms with E-state index in [2.05, 4.69) is 27.1 Å². The smallest absolute Gasteiger partial charge is 0.261 e. The van der Waals surface area contributed by atoms with Gasteiger partial charge in [0.15, 0.2) is 27.2 Å². The molecule has 1 amide bonds. The van der Waals surface area contributed by atoms with E-state index in [0.29, 0.717) is 52.5 Å². The number of para-hydroxylation sites is 1. The number of anilines is 1. The van der Waals surface area contributed by atoms with E-state index in [1.807, 2.05) is 11.5 Å². The third kappa shape index (κ3) is 3.32. The number of H-pyrrole nitrogens is 1. The fourth-order valence-electron chi connectivity index (χ4n) is 2.86. The maximum atomic E-state index is 12.8. The monoisotopic (exact) mass is 415 g/mol. The van der Waals surface area contributed by atoms with Crippen LogP contribution < -0.4 is 14.8 Å². The Hall–Kier alpha value is -2.98. The highest BCUT2D eigenvalue weighted by atomic mass is 32.1. The van der Waals surface area contributed by atoms with Crippen molar-refractivity contribution in [2.45, 2.75) is 13.5 Å². The molecule has 10 heteroatoms. The lowest BCUT2D eigenvalue weighted by molar-refractivity contribution is 0.101. The molecule has 3 heterocycles. The van der Waals surface area contributed by atoms with Gasteiger partial charge < -0.3 is 9.47 Å². The SMILES string of the molecule is C=CCn1c(-c2sc(NC(=O)c3cccc4c3OCCO4)nc2C)n[nH]c1=S. The van der Waals surface area contributed by atoms with Gasteiger partial charge in [-0.1, -0.05) is 23.5 Å². The van der Waals surface area contributed by atoms with Gasteiger partial charge in [0.05, 0.1) is 16.1 Å². The van der Waals surface area contributed by atoms with Gasteiger partial charge in [0.25, 0.3) is 5.91 Å². The molecule has 4 rings (SSSR count). The molecule has 0 aliphatic carbocycles. The minimum atomic E-state index is -0.312. The molecule has 28 heavy (non-hydrogen) atoms. The van der Waals surface area contributed by atoms with Crippen molar-refractivity contribution in [2.24, 2.45) is 0 Å². The van der Waals surface area contributed by atoms with E-state index in [9.17, 15) is 4.79 Å². The molecule has 3 aromatic rings. The summed E-state index contributed by atoms with van der Waals surface area (Å²) in [4.78, 5) is 18.1. The van der Waals surface area contributed by atoms with Crippen molar-refractivity contribution >= 4 is 34.6 Å². The van der Waals surface area contributed by atoms with Crippen LogP contribution in [0.25, 0.3) is 10.7 Å². The largest absolute Gasteiger partial charge is 0.486 e. The lowest BCUT2D eigenvalue weighted by Crippen LogP contribution is -2.20. The number of nitrogens with zero attached hydrogens (tertiary/aromatic N) is 3. The van der Waals surface area contributed by atoms with Crippen LogP contribution in [0.15, 0.2) is 30.9 Å². The summed E-state index contributed by atoms with van der Waals surface area (Å²) in [6.07, 6.45) is 1.74. The van der Waals surface area contributed by atoms with Gasteiger partial charge in [-0.15, -0.1) is 6.58 Å². The number of aromatic nitrogens is 4. The minimum absolute atomic E-state index is 0.312. The van der Waals surface area contributed by atoms with Crippen LogP contribution in [0.2, 0.25) is 0 Å². The van der Waals surface area contributed by atoms with Crippen LogP contribution in [-0.4, -0.2) is 38.9 Å². The highest BCUT2D eigenvalue weighted by Crippen LogP contribution is 2.35. The second kappa shape index (κ2) is 7.56. The van der Waals surface area contributed by atoms with E-state index in [1.165, 1.54) is 11.3 Å². The van der Waals surface area contributed by atoms with Crippen LogP contribution >= 0.6 is 23.6 Å². The predicted molar refractivity (Wildman–Crippen MR) is 109 cm³/mol. The van der Waals surface area contributed by atoms with E-state index >= 15 is 0 Å². The summed E-state index contributed by atoms with van der Waals surface area (Å²) >= 11 is 6.59. The summed E-state index contributed by atoms with van der Waals surface area (Å²) in [7, 11) is 0. The van der Waals surface area contributed by atoms with Crippen LogP contribution in [0.3, 0.4) is 0 Å². The number of benzene rings is 1. The zero-order valence-electron chi connectivity index (χ0n) is 15.0. The van der Waals surface area contributed by atoms with Crippen LogP contribution in [0.5, 0.6) is 11.5 Å². The van der Waals surface area contributed by atoms with Crippen molar-refractivity contribution in [1.29, 1.82) is 0 Å². The summed E-state index contributed by atoms with van der Waals surface area (Å²) in [6.45, 7) is 7.00. The Kier molecular flexibility index (Phi) is 4.97. The van der Waals surface area contributed by atoms with E-state index in [4.69, 9.17) is 21.7 Å². The van der Waals surface area contributed by atoms with Crippen molar-refractivity contribution in [1.82, 2.24) is 19.7 Å². The Morgan fingerprint density at radius 3 is 3.11 bits per heavy atom. The Labute approximate surface area is 169 Å². The molecule has 0 unspecified atom stereocenters. The first kappa shape index (κ1) is 18.4. The third-order valence-electron chi connectivity index (χ3n) is 4.10. The predicted octanol–water partition coefficient (Wildman–Crippen LogP) is 3.58. The second-order valence-electron chi connectivity index (χ2n) is 5.97. The lowest BCUT2D eigenvalue weighted by atomic mass is 10.1. The number of fused-ring (bicyclic) bond motifs is 1. The molecule has 1 aliphatic rings. The molecule has 0 spiro atoms. The molecular formula is C18H17N5O3S2. The Morgan fingerprint density at radius 1 is 1.46 bits per heavy atom. The van der Waals surface area contributed by atoms with E-state index < -0.39 is 0 Å². The summed E-state index contributed by atoms with van der Waals surface area (Å²) in [6, 6.07) is 5.23. The normalized spacial score (nSPS) is 12.6. The summed E-state index contributed by atoms with van der Waals surface area (Å²) in [5, 5.41) is 10.4. The first-order valence-electron chi connectivity index (χ1n) is 8.52. The minimum Gasteiger partial charge on any atom is -0.486 e. The number of allylic oxidation sites excluding steroid dienone is 1. The number of rotatable bonds is 5. The average molecular weight is 416 g/mol. The zero-order valence-corrected chi connectivity index (χ0v) is 16.7.